The van der Waals surface area contributed by atoms with Crippen LogP contribution in [0.2, 0.25) is 0 Å². The molecule has 5 nitrogen and oxygen atoms in total. The zero-order valence-corrected chi connectivity index (χ0v) is 10.5. The summed E-state index contributed by atoms with van der Waals surface area (Å²) in [6.45, 7) is 0.231. The van der Waals surface area contributed by atoms with E-state index in [4.69, 9.17) is 10.8 Å². The fraction of sp³-hybridized carbons (Fsp3) is 0.286. The van der Waals surface area contributed by atoms with Crippen LogP contribution in [0.5, 0.6) is 0 Å². The zero-order chi connectivity index (χ0) is 14.1. The highest BCUT2D eigenvalue weighted by Crippen LogP contribution is 2.04. The normalized spacial score (nSPS) is 9.32. The summed E-state index contributed by atoms with van der Waals surface area (Å²) < 4.78 is 0. The van der Waals surface area contributed by atoms with E-state index in [9.17, 15) is 9.59 Å². The third-order valence-electron chi connectivity index (χ3n) is 2.25. The number of carbonyl (C=O) groups excluding carboxylic acids is 2. The SMILES string of the molecule is NC(=O)CCNC(=O)c1cccc(C#CCCO)c1. The maximum atomic E-state index is 11.8. The summed E-state index contributed by atoms with van der Waals surface area (Å²) in [7, 11) is 0. The summed E-state index contributed by atoms with van der Waals surface area (Å²) in [4.78, 5) is 22.3. The van der Waals surface area contributed by atoms with E-state index in [1.54, 1.807) is 24.3 Å². The lowest BCUT2D eigenvalue weighted by Crippen LogP contribution is -2.27. The minimum Gasteiger partial charge on any atom is -0.395 e. The molecule has 0 unspecified atom stereocenters. The van der Waals surface area contributed by atoms with Crippen molar-refractivity contribution in [3.8, 4) is 11.8 Å². The summed E-state index contributed by atoms with van der Waals surface area (Å²) in [6, 6.07) is 6.83. The van der Waals surface area contributed by atoms with Gasteiger partial charge in [0.1, 0.15) is 0 Å². The highest BCUT2D eigenvalue weighted by atomic mass is 16.2. The first-order chi connectivity index (χ1) is 9.13. The molecule has 0 aliphatic rings. The van der Waals surface area contributed by atoms with Crippen LogP contribution in [0.25, 0.3) is 0 Å². The highest BCUT2D eigenvalue weighted by Gasteiger charge is 2.05. The zero-order valence-electron chi connectivity index (χ0n) is 10.5. The second-order valence-corrected chi connectivity index (χ2v) is 3.83. The molecule has 0 heterocycles. The van der Waals surface area contributed by atoms with Crippen molar-refractivity contribution in [2.75, 3.05) is 13.2 Å². The Labute approximate surface area is 111 Å². The van der Waals surface area contributed by atoms with Crippen LogP contribution in [0, 0.1) is 11.8 Å². The van der Waals surface area contributed by atoms with Crippen molar-refractivity contribution in [3.05, 3.63) is 35.4 Å². The molecule has 0 fully saturated rings. The topological polar surface area (TPSA) is 92.4 Å². The molecule has 1 aromatic rings. The van der Waals surface area contributed by atoms with Crippen molar-refractivity contribution in [1.29, 1.82) is 0 Å². The van der Waals surface area contributed by atoms with Crippen molar-refractivity contribution in [1.82, 2.24) is 5.32 Å². The van der Waals surface area contributed by atoms with Gasteiger partial charge in [-0.05, 0) is 18.2 Å². The molecule has 100 valence electrons. The van der Waals surface area contributed by atoms with Crippen LogP contribution >= 0.6 is 0 Å². The van der Waals surface area contributed by atoms with Crippen LogP contribution in [0.3, 0.4) is 0 Å². The lowest BCUT2D eigenvalue weighted by Gasteiger charge is -2.04. The molecule has 5 heteroatoms. The van der Waals surface area contributed by atoms with Gasteiger partial charge in [0.05, 0.1) is 6.61 Å². The second kappa shape index (κ2) is 7.90. The number of rotatable bonds is 5. The first-order valence-electron chi connectivity index (χ1n) is 5.90. The molecule has 2 amide bonds. The van der Waals surface area contributed by atoms with E-state index < -0.39 is 5.91 Å². The maximum Gasteiger partial charge on any atom is 0.251 e. The van der Waals surface area contributed by atoms with E-state index in [1.807, 2.05) is 0 Å². The Morgan fingerprint density at radius 1 is 1.37 bits per heavy atom. The first kappa shape index (κ1) is 14.7. The number of nitrogens with one attached hydrogen (secondary N) is 1. The summed E-state index contributed by atoms with van der Waals surface area (Å²) in [5.74, 6) is 4.91. The second-order valence-electron chi connectivity index (χ2n) is 3.83. The third-order valence-corrected chi connectivity index (χ3v) is 2.25. The van der Waals surface area contributed by atoms with Crippen molar-refractivity contribution < 1.29 is 14.7 Å². The van der Waals surface area contributed by atoms with Gasteiger partial charge in [-0.1, -0.05) is 17.9 Å². The van der Waals surface area contributed by atoms with Crippen LogP contribution in [0.1, 0.15) is 28.8 Å². The molecule has 1 rings (SSSR count). The standard InChI is InChI=1S/C14H16N2O3/c15-13(18)7-8-16-14(19)12-6-3-5-11(10-12)4-1-2-9-17/h3,5-6,10,17H,2,7-9H2,(H2,15,18)(H,16,19). The third kappa shape index (κ3) is 5.70. The fourth-order valence-corrected chi connectivity index (χ4v) is 1.36. The number of amides is 2. The summed E-state index contributed by atoms with van der Waals surface area (Å²) >= 11 is 0. The van der Waals surface area contributed by atoms with E-state index >= 15 is 0 Å². The fourth-order valence-electron chi connectivity index (χ4n) is 1.36. The molecule has 0 radical (unpaired) electrons. The Morgan fingerprint density at radius 3 is 2.84 bits per heavy atom. The average molecular weight is 260 g/mol. The first-order valence-corrected chi connectivity index (χ1v) is 5.90. The molecule has 0 spiro atoms. The summed E-state index contributed by atoms with van der Waals surface area (Å²) in [5, 5.41) is 11.2. The average Bonchev–Trinajstić information content (AvgIpc) is 2.39. The molecule has 0 bridgehead atoms. The molecule has 0 aromatic heterocycles. The van der Waals surface area contributed by atoms with E-state index in [1.165, 1.54) is 0 Å². The quantitative estimate of drug-likeness (QED) is 0.652. The van der Waals surface area contributed by atoms with Crippen molar-refractivity contribution in [2.24, 2.45) is 5.73 Å². The molecular weight excluding hydrogens is 244 g/mol. The Balaban J connectivity index is 2.63. The number of hydrogen-bond donors (Lipinski definition) is 3. The van der Waals surface area contributed by atoms with Crippen LogP contribution < -0.4 is 11.1 Å². The molecule has 19 heavy (non-hydrogen) atoms. The van der Waals surface area contributed by atoms with Gasteiger partial charge in [0.25, 0.3) is 5.91 Å². The molecule has 1 aromatic carbocycles. The van der Waals surface area contributed by atoms with Gasteiger partial charge in [0.15, 0.2) is 0 Å². The number of nitrogens with two attached hydrogens (primary N) is 1. The molecule has 0 saturated carbocycles. The number of aliphatic hydroxyl groups excluding tert-OH is 1. The van der Waals surface area contributed by atoms with E-state index in [-0.39, 0.29) is 25.5 Å². The maximum absolute atomic E-state index is 11.8. The molecule has 0 aliphatic heterocycles. The minimum absolute atomic E-state index is 0.0142. The molecular formula is C14H16N2O3. The van der Waals surface area contributed by atoms with Gasteiger partial charge in [-0.2, -0.15) is 0 Å². The minimum atomic E-state index is -0.455. The molecule has 0 aliphatic carbocycles. The van der Waals surface area contributed by atoms with Gasteiger partial charge in [0.2, 0.25) is 5.91 Å². The van der Waals surface area contributed by atoms with Crippen LogP contribution in [0.4, 0.5) is 0 Å². The Morgan fingerprint density at radius 2 is 2.16 bits per heavy atom. The van der Waals surface area contributed by atoms with Crippen LogP contribution in [0.15, 0.2) is 24.3 Å². The lowest BCUT2D eigenvalue weighted by atomic mass is 10.1. The lowest BCUT2D eigenvalue weighted by molar-refractivity contribution is -0.117. The van der Waals surface area contributed by atoms with Gasteiger partial charge in [-0.25, -0.2) is 0 Å². The molecule has 0 atom stereocenters. The van der Waals surface area contributed by atoms with E-state index in [0.29, 0.717) is 17.5 Å². The predicted octanol–water partition coefficient (Wildman–Crippen LogP) is 0.0257. The number of benzene rings is 1. The van der Waals surface area contributed by atoms with E-state index in [0.717, 1.165) is 0 Å². The number of carbonyl (C=O) groups is 2. The van der Waals surface area contributed by atoms with Gasteiger partial charge in [0, 0.05) is 30.5 Å². The predicted molar refractivity (Wildman–Crippen MR) is 71.2 cm³/mol. The van der Waals surface area contributed by atoms with E-state index in [2.05, 4.69) is 17.2 Å². The van der Waals surface area contributed by atoms with Crippen molar-refractivity contribution >= 4 is 11.8 Å². The smallest absolute Gasteiger partial charge is 0.251 e. The molecule has 0 saturated heterocycles. The van der Waals surface area contributed by atoms with Gasteiger partial charge in [-0.15, -0.1) is 0 Å². The van der Waals surface area contributed by atoms with Crippen LogP contribution in [-0.2, 0) is 4.79 Å². The van der Waals surface area contributed by atoms with Gasteiger partial charge < -0.3 is 16.2 Å². The summed E-state index contributed by atoms with van der Waals surface area (Å²) in [6.07, 6.45) is 0.511. The van der Waals surface area contributed by atoms with Crippen LogP contribution in [-0.4, -0.2) is 30.1 Å². The van der Waals surface area contributed by atoms with Gasteiger partial charge in [-0.3, -0.25) is 9.59 Å². The Bertz CT molecular complexity index is 515. The monoisotopic (exact) mass is 260 g/mol. The summed E-state index contributed by atoms with van der Waals surface area (Å²) in [5.41, 5.74) is 6.16. The molecule has 4 N–H and O–H groups in total. The Kier molecular flexibility index (Phi) is 6.13. The van der Waals surface area contributed by atoms with Crippen molar-refractivity contribution in [3.63, 3.8) is 0 Å². The highest BCUT2D eigenvalue weighted by molar-refractivity contribution is 5.94. The largest absolute Gasteiger partial charge is 0.395 e. The number of hydrogen-bond acceptors (Lipinski definition) is 3. The number of primary amides is 1. The van der Waals surface area contributed by atoms with Crippen molar-refractivity contribution in [2.45, 2.75) is 12.8 Å². The van der Waals surface area contributed by atoms with Gasteiger partial charge >= 0.3 is 0 Å². The Hall–Kier alpha value is -2.32. The number of aliphatic hydroxyl groups is 1.